The Morgan fingerprint density at radius 2 is 1.51 bits per heavy atom. The van der Waals surface area contributed by atoms with E-state index in [1.54, 1.807) is 18.2 Å². The fourth-order valence-electron chi connectivity index (χ4n) is 4.65. The number of aromatic carboxylic acids is 1. The van der Waals surface area contributed by atoms with Crippen LogP contribution in [0.2, 0.25) is 0 Å². The second kappa shape index (κ2) is 11.1. The number of carbonyl (C=O) groups is 2. The van der Waals surface area contributed by atoms with Crippen molar-refractivity contribution < 1.29 is 24.5 Å². The molecule has 210 valence electrons. The molecule has 0 spiro atoms. The van der Waals surface area contributed by atoms with Gasteiger partial charge in [-0.2, -0.15) is 0 Å². The Hall–Kier alpha value is -5.18. The number of nitrogens with zero attached hydrogens (tertiary/aromatic N) is 3. The maximum absolute atomic E-state index is 12.4. The van der Waals surface area contributed by atoms with Crippen LogP contribution < -0.4 is 10.1 Å². The molecule has 1 atom stereocenters. The highest BCUT2D eigenvalue weighted by molar-refractivity contribution is 5.96. The summed E-state index contributed by atoms with van der Waals surface area (Å²) in [7, 11) is 0. The van der Waals surface area contributed by atoms with Gasteiger partial charge in [0, 0.05) is 5.69 Å². The summed E-state index contributed by atoms with van der Waals surface area (Å²) in [6, 6.07) is 25.7. The van der Waals surface area contributed by atoms with Crippen molar-refractivity contribution in [3.05, 3.63) is 107 Å². The zero-order chi connectivity index (χ0) is 29.3. The van der Waals surface area contributed by atoms with E-state index in [2.05, 4.69) is 17.4 Å². The molecule has 2 heterocycles. The molecule has 41 heavy (non-hydrogen) atoms. The summed E-state index contributed by atoms with van der Waals surface area (Å²) in [6.07, 6.45) is -0.155. The van der Waals surface area contributed by atoms with Crippen LogP contribution in [0.1, 0.15) is 40.4 Å². The van der Waals surface area contributed by atoms with E-state index in [1.165, 1.54) is 23.2 Å². The lowest BCUT2D eigenvalue weighted by Gasteiger charge is -2.19. The molecule has 1 unspecified atom stereocenters. The van der Waals surface area contributed by atoms with Crippen molar-refractivity contribution in [1.29, 1.82) is 0 Å². The number of carboxylic acid groups (broad SMARTS) is 1. The van der Waals surface area contributed by atoms with Gasteiger partial charge in [0.1, 0.15) is 28.2 Å². The number of fused-ring (bicyclic) bond motifs is 4. The number of hydrogen-bond donors (Lipinski definition) is 3. The predicted molar refractivity (Wildman–Crippen MR) is 158 cm³/mol. The first-order valence-corrected chi connectivity index (χ1v) is 13.3. The van der Waals surface area contributed by atoms with E-state index in [4.69, 9.17) is 9.84 Å². The van der Waals surface area contributed by atoms with Crippen LogP contribution in [-0.4, -0.2) is 42.3 Å². The summed E-state index contributed by atoms with van der Waals surface area (Å²) in [6.45, 7) is 7.81. The van der Waals surface area contributed by atoms with E-state index in [0.29, 0.717) is 23.6 Å². The first-order chi connectivity index (χ1) is 19.7. The number of amides is 1. The quantitative estimate of drug-likeness (QED) is 0.217. The van der Waals surface area contributed by atoms with Gasteiger partial charge < -0.3 is 20.3 Å². The van der Waals surface area contributed by atoms with Crippen molar-refractivity contribution in [2.75, 3.05) is 5.32 Å². The highest BCUT2D eigenvalue weighted by Gasteiger charge is 2.25. The number of para-hydroxylation sites is 2. The maximum atomic E-state index is 12.4. The molecular weight excluding hydrogens is 520 g/mol. The van der Waals surface area contributed by atoms with Crippen molar-refractivity contribution in [3.63, 3.8) is 0 Å². The number of aromatic nitrogens is 3. The molecule has 4 aromatic carbocycles. The third kappa shape index (κ3) is 5.60. The zero-order valence-electron chi connectivity index (χ0n) is 23.3. The lowest BCUT2D eigenvalue weighted by atomic mass is 10.1. The zero-order valence-corrected chi connectivity index (χ0v) is 23.3. The number of benzene rings is 4. The lowest BCUT2D eigenvalue weighted by molar-refractivity contribution is -0.122. The highest BCUT2D eigenvalue weighted by Crippen LogP contribution is 2.30. The van der Waals surface area contributed by atoms with E-state index in [1.807, 2.05) is 84.2 Å². The Kier molecular flexibility index (Phi) is 7.43. The van der Waals surface area contributed by atoms with E-state index in [9.17, 15) is 14.7 Å². The van der Waals surface area contributed by atoms with Crippen molar-refractivity contribution in [1.82, 2.24) is 14.1 Å². The number of nitrogens with one attached hydrogen (secondary N) is 1. The number of aryl methyl sites for hydroxylation is 3. The Morgan fingerprint density at radius 3 is 2.15 bits per heavy atom. The molecule has 0 bridgehead atoms. The standard InChI is InChI=1S/C19H21NO4.C13H11N3O/c1-4-16(24-17-9-8-12(2)10-13(17)3)18(21)20-15-7-5-6-14(11-15)19(22)23;1-9-6-7-13(17)12(8-9)16-14-10-4-2-3-5-11(10)15(14)16/h5-11,16H,4H2,1-3H3,(H,20,21)(H,22,23);2-8,17H,1H3. The minimum Gasteiger partial charge on any atom is -0.506 e. The summed E-state index contributed by atoms with van der Waals surface area (Å²) in [5.41, 5.74) is 6.95. The van der Waals surface area contributed by atoms with Gasteiger partial charge in [-0.05, 0) is 86.8 Å². The number of carbonyl (C=O) groups excluding carboxylic acids is 1. The maximum Gasteiger partial charge on any atom is 0.335 e. The molecule has 0 saturated carbocycles. The molecule has 0 aliphatic rings. The summed E-state index contributed by atoms with van der Waals surface area (Å²) in [5, 5.41) is 21.6. The second-order valence-electron chi connectivity index (χ2n) is 10.0. The number of aromatic hydroxyl groups is 1. The number of carboxylic acids is 1. The van der Waals surface area contributed by atoms with Crippen LogP contribution in [0.15, 0.2) is 84.9 Å². The van der Waals surface area contributed by atoms with Gasteiger partial charge in [-0.25, -0.2) is 4.79 Å². The largest absolute Gasteiger partial charge is 0.506 e. The van der Waals surface area contributed by atoms with Crippen LogP contribution in [0.4, 0.5) is 5.69 Å². The van der Waals surface area contributed by atoms with Crippen molar-refractivity contribution >= 4 is 28.6 Å². The number of ether oxygens (including phenoxy) is 1. The molecule has 0 radical (unpaired) electrons. The van der Waals surface area contributed by atoms with Crippen LogP contribution in [0.3, 0.4) is 0 Å². The predicted octanol–water partition coefficient (Wildman–Crippen LogP) is 6.23. The molecule has 0 fully saturated rings. The van der Waals surface area contributed by atoms with Gasteiger partial charge in [-0.15, -0.1) is 14.1 Å². The van der Waals surface area contributed by atoms with Gasteiger partial charge in [-0.1, -0.05) is 48.9 Å². The monoisotopic (exact) mass is 552 g/mol. The topological polar surface area (TPSA) is 110 Å². The van der Waals surface area contributed by atoms with Gasteiger partial charge >= 0.3 is 5.97 Å². The van der Waals surface area contributed by atoms with Gasteiger partial charge in [0.15, 0.2) is 6.10 Å². The van der Waals surface area contributed by atoms with Gasteiger partial charge in [0.2, 0.25) is 0 Å². The minimum atomic E-state index is -1.04. The van der Waals surface area contributed by atoms with E-state index >= 15 is 0 Å². The Morgan fingerprint density at radius 1 is 0.854 bits per heavy atom. The fraction of sp³-hybridized carbons (Fsp3) is 0.188. The third-order valence-corrected chi connectivity index (χ3v) is 6.81. The van der Waals surface area contributed by atoms with E-state index in [0.717, 1.165) is 22.4 Å². The van der Waals surface area contributed by atoms with E-state index in [-0.39, 0.29) is 11.5 Å². The number of hydrogen-bond acceptors (Lipinski definition) is 4. The van der Waals surface area contributed by atoms with Gasteiger partial charge in [0.25, 0.3) is 5.91 Å². The second-order valence-corrected chi connectivity index (χ2v) is 10.0. The van der Waals surface area contributed by atoms with E-state index < -0.39 is 12.1 Å². The first-order valence-electron chi connectivity index (χ1n) is 13.3. The molecule has 0 aliphatic carbocycles. The van der Waals surface area contributed by atoms with Gasteiger partial charge in [0.05, 0.1) is 5.56 Å². The number of rotatable bonds is 7. The number of phenolic OH excluding ortho intramolecular Hbond substituents is 1. The SMILES string of the molecule is CCC(Oc1ccc(C)cc1C)C(=O)Nc1cccc(C(=O)O)c1.Cc1ccc(O)c(-n2n3c4ccccc4n23)c1. The summed E-state index contributed by atoms with van der Waals surface area (Å²) >= 11 is 0. The van der Waals surface area contributed by atoms with Crippen LogP contribution in [0.25, 0.3) is 16.7 Å². The van der Waals surface area contributed by atoms with Crippen LogP contribution in [-0.2, 0) is 4.79 Å². The molecule has 2 aromatic heterocycles. The molecular formula is C32H32N4O5. The van der Waals surface area contributed by atoms with Crippen LogP contribution in [0, 0.1) is 20.8 Å². The lowest BCUT2D eigenvalue weighted by Crippen LogP contribution is -2.32. The van der Waals surface area contributed by atoms with Crippen molar-refractivity contribution in [3.8, 4) is 17.2 Å². The molecule has 9 heteroatoms. The summed E-state index contributed by atoms with van der Waals surface area (Å²) in [4.78, 5) is 25.4. The Balaban J connectivity index is 0.000000173. The summed E-state index contributed by atoms with van der Waals surface area (Å²) < 4.78 is 9.90. The normalized spacial score (nSPS) is 11.8. The molecule has 0 aliphatic heterocycles. The van der Waals surface area contributed by atoms with Crippen molar-refractivity contribution in [2.24, 2.45) is 0 Å². The Bertz CT molecular complexity index is 1800. The molecule has 3 N–H and O–H groups in total. The molecule has 1 amide bonds. The average molecular weight is 553 g/mol. The first kappa shape index (κ1) is 27.4. The summed E-state index contributed by atoms with van der Waals surface area (Å²) in [5.74, 6) is -0.373. The molecule has 6 aromatic rings. The molecule has 6 rings (SSSR count). The fourth-order valence-corrected chi connectivity index (χ4v) is 4.65. The highest BCUT2D eigenvalue weighted by atomic mass is 16.5. The average Bonchev–Trinajstić information content (AvgIpc) is 3.61. The smallest absolute Gasteiger partial charge is 0.335 e. The third-order valence-electron chi connectivity index (χ3n) is 6.81. The van der Waals surface area contributed by atoms with Crippen molar-refractivity contribution in [2.45, 2.75) is 40.2 Å². The van der Waals surface area contributed by atoms with Crippen LogP contribution in [0.5, 0.6) is 11.5 Å². The number of anilines is 1. The number of phenols is 1. The molecule has 0 saturated heterocycles. The van der Waals surface area contributed by atoms with Crippen LogP contribution >= 0.6 is 0 Å². The molecule has 9 nitrogen and oxygen atoms in total. The minimum absolute atomic E-state index is 0.121. The van der Waals surface area contributed by atoms with Gasteiger partial charge in [-0.3, -0.25) is 4.79 Å². The Labute approximate surface area is 237 Å².